The number of aryl methyl sites for hydroxylation is 1. The predicted octanol–water partition coefficient (Wildman–Crippen LogP) is 4.66. The predicted molar refractivity (Wildman–Crippen MR) is 92.6 cm³/mol. The van der Waals surface area contributed by atoms with E-state index in [2.05, 4.69) is 19.1 Å². The molecule has 1 aromatic rings. The summed E-state index contributed by atoms with van der Waals surface area (Å²) in [6, 6.07) is 7.34. The van der Waals surface area contributed by atoms with Gasteiger partial charge in [0.2, 0.25) is 9.84 Å². The number of hydrogen-bond donors (Lipinski definition) is 0. The third-order valence-corrected chi connectivity index (χ3v) is 7.91. The Morgan fingerprint density at radius 1 is 1.04 bits per heavy atom. The van der Waals surface area contributed by atoms with E-state index >= 15 is 0 Å². The highest BCUT2D eigenvalue weighted by atomic mass is 32.2. The van der Waals surface area contributed by atoms with E-state index in [0.29, 0.717) is 22.6 Å². The Kier molecular flexibility index (Phi) is 3.53. The van der Waals surface area contributed by atoms with Gasteiger partial charge in [0, 0.05) is 5.92 Å². The smallest absolute Gasteiger partial charge is 0.203 e. The summed E-state index contributed by atoms with van der Waals surface area (Å²) in [5.74, 6) is 1.80. The van der Waals surface area contributed by atoms with Crippen molar-refractivity contribution in [2.24, 2.45) is 23.7 Å². The fourth-order valence-corrected chi connectivity index (χ4v) is 6.80. The standard InChI is InChI=1S/C20H24O2S/c1-3-4-5-17-18-14-8-9-15(12-14)19(18)20(17)23(21,22)16-10-6-13(2)7-11-16/h6-11,14-15,18-19H,3-5,12H2,1-2H3/t14-,15+,18-,19-/m1/s1. The van der Waals surface area contributed by atoms with Gasteiger partial charge in [-0.15, -0.1) is 0 Å². The third-order valence-electron chi connectivity index (χ3n) is 5.90. The number of unbranched alkanes of at least 4 members (excludes halogenated alkanes) is 1. The Balaban J connectivity index is 1.76. The number of allylic oxidation sites excluding steroid dienone is 4. The molecule has 3 aliphatic carbocycles. The number of hydrogen-bond acceptors (Lipinski definition) is 2. The maximum atomic E-state index is 13.2. The van der Waals surface area contributed by atoms with Crippen molar-refractivity contribution in [3.8, 4) is 0 Å². The van der Waals surface area contributed by atoms with Crippen molar-refractivity contribution in [3.05, 3.63) is 52.5 Å². The molecule has 4 atom stereocenters. The largest absolute Gasteiger partial charge is 0.219 e. The third kappa shape index (κ3) is 2.16. The van der Waals surface area contributed by atoms with Crippen molar-refractivity contribution < 1.29 is 8.42 Å². The summed E-state index contributed by atoms with van der Waals surface area (Å²) in [7, 11) is -3.33. The molecule has 0 aromatic heterocycles. The fraction of sp³-hybridized carbons (Fsp3) is 0.500. The molecule has 3 heteroatoms. The molecule has 0 unspecified atom stereocenters. The quantitative estimate of drug-likeness (QED) is 0.736. The second-order valence-corrected chi connectivity index (χ2v) is 9.23. The average molecular weight is 328 g/mol. The van der Waals surface area contributed by atoms with E-state index in [0.717, 1.165) is 36.2 Å². The van der Waals surface area contributed by atoms with Crippen molar-refractivity contribution in [1.29, 1.82) is 0 Å². The van der Waals surface area contributed by atoms with Crippen LogP contribution < -0.4 is 0 Å². The van der Waals surface area contributed by atoms with Crippen LogP contribution in [0.25, 0.3) is 0 Å². The zero-order chi connectivity index (χ0) is 16.2. The summed E-state index contributed by atoms with van der Waals surface area (Å²) in [6.07, 6.45) is 8.89. The topological polar surface area (TPSA) is 34.1 Å². The lowest BCUT2D eigenvalue weighted by Crippen LogP contribution is -2.37. The summed E-state index contributed by atoms with van der Waals surface area (Å²) in [5.41, 5.74) is 2.34. The van der Waals surface area contributed by atoms with E-state index in [9.17, 15) is 8.42 Å². The van der Waals surface area contributed by atoms with Crippen LogP contribution in [0.4, 0.5) is 0 Å². The monoisotopic (exact) mass is 328 g/mol. The molecule has 122 valence electrons. The first-order valence-corrected chi connectivity index (χ1v) is 10.3. The Morgan fingerprint density at radius 3 is 2.35 bits per heavy atom. The minimum atomic E-state index is -3.33. The van der Waals surface area contributed by atoms with E-state index in [-0.39, 0.29) is 5.92 Å². The van der Waals surface area contributed by atoms with Gasteiger partial charge in [0.05, 0.1) is 9.80 Å². The zero-order valence-corrected chi connectivity index (χ0v) is 14.6. The molecular weight excluding hydrogens is 304 g/mol. The van der Waals surface area contributed by atoms with Gasteiger partial charge in [0.1, 0.15) is 0 Å². The van der Waals surface area contributed by atoms with Crippen molar-refractivity contribution in [1.82, 2.24) is 0 Å². The van der Waals surface area contributed by atoms with Gasteiger partial charge in [-0.1, -0.05) is 48.8 Å². The lowest BCUT2D eigenvalue weighted by Gasteiger charge is -2.43. The van der Waals surface area contributed by atoms with Crippen LogP contribution in [0, 0.1) is 30.6 Å². The first-order chi connectivity index (χ1) is 11.0. The molecule has 0 heterocycles. The Hall–Kier alpha value is -1.35. The van der Waals surface area contributed by atoms with Crippen LogP contribution in [0.15, 0.2) is 51.8 Å². The van der Waals surface area contributed by atoms with Gasteiger partial charge in [-0.3, -0.25) is 0 Å². The SMILES string of the molecule is CCCCC1=C(S(=O)(=O)c2ccc(C)cc2)[C@H]2[C@@H]1[C@@H]1C=C[C@H]2C1. The maximum Gasteiger partial charge on any atom is 0.203 e. The molecule has 1 saturated carbocycles. The molecule has 0 saturated heterocycles. The normalized spacial score (nSPS) is 31.4. The van der Waals surface area contributed by atoms with Crippen molar-refractivity contribution >= 4 is 9.84 Å². The Bertz CT molecular complexity index is 783. The number of fused-ring (bicyclic) bond motifs is 5. The zero-order valence-electron chi connectivity index (χ0n) is 13.8. The summed E-state index contributed by atoms with van der Waals surface area (Å²) in [5, 5.41) is 0. The molecule has 4 rings (SSSR count). The number of benzene rings is 1. The Morgan fingerprint density at radius 2 is 1.70 bits per heavy atom. The van der Waals surface area contributed by atoms with E-state index < -0.39 is 9.84 Å². The number of rotatable bonds is 5. The summed E-state index contributed by atoms with van der Waals surface area (Å²) in [6.45, 7) is 4.16. The Labute approximate surface area is 139 Å². The first-order valence-electron chi connectivity index (χ1n) is 8.77. The average Bonchev–Trinajstić information content (AvgIpc) is 3.05. The molecule has 0 amide bonds. The molecule has 2 bridgehead atoms. The molecular formula is C20H24O2S. The van der Waals surface area contributed by atoms with Gasteiger partial charge in [0.25, 0.3) is 0 Å². The number of sulfone groups is 1. The summed E-state index contributed by atoms with van der Waals surface area (Å²) in [4.78, 5) is 1.24. The lowest BCUT2D eigenvalue weighted by molar-refractivity contribution is 0.342. The molecule has 1 fully saturated rings. The lowest BCUT2D eigenvalue weighted by atomic mass is 9.67. The highest BCUT2D eigenvalue weighted by Gasteiger charge is 2.57. The summed E-state index contributed by atoms with van der Waals surface area (Å²) < 4.78 is 26.5. The van der Waals surface area contributed by atoms with Crippen LogP contribution in [0.3, 0.4) is 0 Å². The first kappa shape index (κ1) is 15.2. The van der Waals surface area contributed by atoms with E-state index in [4.69, 9.17) is 0 Å². The summed E-state index contributed by atoms with van der Waals surface area (Å²) >= 11 is 0. The van der Waals surface area contributed by atoms with Gasteiger partial charge in [0.15, 0.2) is 0 Å². The maximum absolute atomic E-state index is 13.2. The van der Waals surface area contributed by atoms with E-state index in [1.165, 1.54) is 5.57 Å². The molecule has 0 N–H and O–H groups in total. The van der Waals surface area contributed by atoms with Gasteiger partial charge in [-0.2, -0.15) is 0 Å². The van der Waals surface area contributed by atoms with Gasteiger partial charge in [-0.05, 0) is 56.1 Å². The van der Waals surface area contributed by atoms with Crippen molar-refractivity contribution in [3.63, 3.8) is 0 Å². The van der Waals surface area contributed by atoms with Gasteiger partial charge in [-0.25, -0.2) is 8.42 Å². The van der Waals surface area contributed by atoms with Crippen LogP contribution in [0.2, 0.25) is 0 Å². The molecule has 0 spiro atoms. The fourth-order valence-electron chi connectivity index (χ4n) is 4.79. The highest BCUT2D eigenvalue weighted by molar-refractivity contribution is 7.95. The second-order valence-electron chi connectivity index (χ2n) is 7.31. The van der Waals surface area contributed by atoms with Crippen LogP contribution in [-0.2, 0) is 9.84 Å². The molecule has 0 radical (unpaired) electrons. The molecule has 3 aliphatic rings. The molecule has 2 nitrogen and oxygen atoms in total. The minimum Gasteiger partial charge on any atom is -0.219 e. The van der Waals surface area contributed by atoms with Crippen LogP contribution >= 0.6 is 0 Å². The van der Waals surface area contributed by atoms with Crippen LogP contribution in [0.1, 0.15) is 38.2 Å². The van der Waals surface area contributed by atoms with Crippen LogP contribution in [-0.4, -0.2) is 8.42 Å². The van der Waals surface area contributed by atoms with E-state index in [1.54, 1.807) is 12.1 Å². The van der Waals surface area contributed by atoms with Crippen LogP contribution in [0.5, 0.6) is 0 Å². The van der Waals surface area contributed by atoms with Crippen molar-refractivity contribution in [2.45, 2.75) is 44.4 Å². The molecule has 0 aliphatic heterocycles. The second kappa shape index (κ2) is 5.34. The molecule has 23 heavy (non-hydrogen) atoms. The molecule has 1 aromatic carbocycles. The van der Waals surface area contributed by atoms with Gasteiger partial charge < -0.3 is 0 Å². The van der Waals surface area contributed by atoms with Gasteiger partial charge >= 0.3 is 0 Å². The van der Waals surface area contributed by atoms with E-state index in [1.807, 2.05) is 19.1 Å². The van der Waals surface area contributed by atoms with Crippen molar-refractivity contribution in [2.75, 3.05) is 0 Å². The highest BCUT2D eigenvalue weighted by Crippen LogP contribution is 2.63. The minimum absolute atomic E-state index is 0.253.